The Labute approximate surface area is 129 Å². The predicted octanol–water partition coefficient (Wildman–Crippen LogP) is 3.64. The van der Waals surface area contributed by atoms with Gasteiger partial charge in [-0.1, -0.05) is 12.1 Å². The normalized spacial score (nSPS) is 10.7. The number of nitrogens with one attached hydrogen (secondary N) is 1. The molecule has 0 spiro atoms. The van der Waals surface area contributed by atoms with Crippen molar-refractivity contribution in [2.45, 2.75) is 0 Å². The lowest BCUT2D eigenvalue weighted by atomic mass is 10.1. The number of hydrogen-bond acceptors (Lipinski definition) is 3. The Kier molecular flexibility index (Phi) is 3.35. The number of hydrogen-bond donors (Lipinski definition) is 3. The standard InChI is InChI=1S/C15H12IN3O/c16-10-3-6-12(15(20)7-10)14-8-13(18-19-14)9-1-4-11(17)5-2-9/h1-8,20H,17H2,(H,18,19). The minimum absolute atomic E-state index is 0.240. The summed E-state index contributed by atoms with van der Waals surface area (Å²) in [4.78, 5) is 0. The maximum absolute atomic E-state index is 9.99. The summed E-state index contributed by atoms with van der Waals surface area (Å²) < 4.78 is 0.988. The molecule has 2 aromatic carbocycles. The lowest BCUT2D eigenvalue weighted by molar-refractivity contribution is 0.476. The van der Waals surface area contributed by atoms with E-state index in [1.165, 1.54) is 0 Å². The lowest BCUT2D eigenvalue weighted by Gasteiger charge is -2.01. The van der Waals surface area contributed by atoms with Crippen LogP contribution in [0.3, 0.4) is 0 Å². The second-order valence-electron chi connectivity index (χ2n) is 4.45. The van der Waals surface area contributed by atoms with Crippen LogP contribution in [0.25, 0.3) is 22.5 Å². The summed E-state index contributed by atoms with van der Waals surface area (Å²) in [6.45, 7) is 0. The van der Waals surface area contributed by atoms with Crippen LogP contribution in [0.2, 0.25) is 0 Å². The summed E-state index contributed by atoms with van der Waals surface area (Å²) in [5.74, 6) is 0.240. The number of aromatic amines is 1. The molecule has 100 valence electrons. The van der Waals surface area contributed by atoms with Gasteiger partial charge in [-0.2, -0.15) is 5.10 Å². The van der Waals surface area contributed by atoms with Gasteiger partial charge in [0, 0.05) is 20.4 Å². The van der Waals surface area contributed by atoms with Gasteiger partial charge in [0.15, 0.2) is 0 Å². The van der Waals surface area contributed by atoms with Crippen LogP contribution >= 0.6 is 22.6 Å². The summed E-state index contributed by atoms with van der Waals surface area (Å²) in [5.41, 5.74) is 9.71. The Morgan fingerprint density at radius 1 is 1.05 bits per heavy atom. The Hall–Kier alpha value is -2.02. The maximum Gasteiger partial charge on any atom is 0.126 e. The van der Waals surface area contributed by atoms with Gasteiger partial charge in [-0.05, 0) is 59.0 Å². The number of phenols is 1. The zero-order valence-electron chi connectivity index (χ0n) is 10.5. The monoisotopic (exact) mass is 377 g/mol. The summed E-state index contributed by atoms with van der Waals surface area (Å²) in [7, 11) is 0. The second kappa shape index (κ2) is 5.16. The van der Waals surface area contributed by atoms with Crippen molar-refractivity contribution >= 4 is 28.3 Å². The summed E-state index contributed by atoms with van der Waals surface area (Å²) in [6.07, 6.45) is 0. The number of aromatic hydroxyl groups is 1. The number of nitrogen functional groups attached to an aromatic ring is 1. The molecule has 1 heterocycles. The Morgan fingerprint density at radius 2 is 1.80 bits per heavy atom. The molecule has 0 saturated carbocycles. The van der Waals surface area contributed by atoms with Crippen molar-refractivity contribution in [1.29, 1.82) is 0 Å². The van der Waals surface area contributed by atoms with Gasteiger partial charge in [-0.25, -0.2) is 0 Å². The lowest BCUT2D eigenvalue weighted by Crippen LogP contribution is -1.83. The maximum atomic E-state index is 9.99. The van der Waals surface area contributed by atoms with Gasteiger partial charge in [-0.15, -0.1) is 0 Å². The molecule has 0 radical (unpaired) electrons. The fraction of sp³-hybridized carbons (Fsp3) is 0. The molecule has 0 saturated heterocycles. The van der Waals surface area contributed by atoms with Crippen molar-refractivity contribution in [2.24, 2.45) is 0 Å². The number of phenolic OH excluding ortho intramolecular Hbond substituents is 1. The number of nitrogens with two attached hydrogens (primary N) is 1. The van der Waals surface area contributed by atoms with Gasteiger partial charge < -0.3 is 10.8 Å². The van der Waals surface area contributed by atoms with E-state index in [0.717, 1.165) is 31.8 Å². The van der Waals surface area contributed by atoms with Crippen molar-refractivity contribution in [1.82, 2.24) is 10.2 Å². The van der Waals surface area contributed by atoms with Gasteiger partial charge in [0.05, 0.1) is 11.4 Å². The number of anilines is 1. The van der Waals surface area contributed by atoms with Crippen molar-refractivity contribution in [2.75, 3.05) is 5.73 Å². The van der Waals surface area contributed by atoms with Gasteiger partial charge in [0.25, 0.3) is 0 Å². The molecule has 20 heavy (non-hydrogen) atoms. The van der Waals surface area contributed by atoms with E-state index in [4.69, 9.17) is 5.73 Å². The van der Waals surface area contributed by atoms with Gasteiger partial charge >= 0.3 is 0 Å². The number of aromatic nitrogens is 2. The average molecular weight is 377 g/mol. The molecule has 4 N–H and O–H groups in total. The molecule has 0 atom stereocenters. The topological polar surface area (TPSA) is 74.9 Å². The van der Waals surface area contributed by atoms with Crippen LogP contribution < -0.4 is 5.73 Å². The zero-order chi connectivity index (χ0) is 14.1. The fourth-order valence-corrected chi connectivity index (χ4v) is 2.47. The highest BCUT2D eigenvalue weighted by Gasteiger charge is 2.09. The minimum Gasteiger partial charge on any atom is -0.507 e. The highest BCUT2D eigenvalue weighted by molar-refractivity contribution is 14.1. The molecule has 0 aliphatic heterocycles. The average Bonchev–Trinajstić information content (AvgIpc) is 2.89. The molecule has 0 aliphatic carbocycles. The van der Waals surface area contributed by atoms with Crippen LogP contribution in [0.15, 0.2) is 48.5 Å². The van der Waals surface area contributed by atoms with Gasteiger partial charge in [0.1, 0.15) is 5.75 Å². The first-order chi connectivity index (χ1) is 9.63. The van der Waals surface area contributed by atoms with Crippen LogP contribution in [0.1, 0.15) is 0 Å². The van der Waals surface area contributed by atoms with E-state index >= 15 is 0 Å². The number of nitrogens with zero attached hydrogens (tertiary/aromatic N) is 1. The van der Waals surface area contributed by atoms with E-state index in [-0.39, 0.29) is 5.75 Å². The highest BCUT2D eigenvalue weighted by Crippen LogP contribution is 2.31. The molecular weight excluding hydrogens is 365 g/mol. The highest BCUT2D eigenvalue weighted by atomic mass is 127. The zero-order valence-corrected chi connectivity index (χ0v) is 12.6. The number of H-pyrrole nitrogens is 1. The molecular formula is C15H12IN3O. The smallest absolute Gasteiger partial charge is 0.126 e. The van der Waals surface area contributed by atoms with Crippen molar-refractivity contribution in [3.05, 3.63) is 52.1 Å². The van der Waals surface area contributed by atoms with Crippen molar-refractivity contribution < 1.29 is 5.11 Å². The third-order valence-electron chi connectivity index (χ3n) is 3.03. The Balaban J connectivity index is 1.99. The van der Waals surface area contributed by atoms with E-state index in [2.05, 4.69) is 32.8 Å². The molecule has 0 fully saturated rings. The number of benzene rings is 2. The first kappa shape index (κ1) is 13.0. The summed E-state index contributed by atoms with van der Waals surface area (Å²) in [5, 5.41) is 17.2. The molecule has 1 aromatic heterocycles. The first-order valence-electron chi connectivity index (χ1n) is 6.04. The molecule has 0 unspecified atom stereocenters. The summed E-state index contributed by atoms with van der Waals surface area (Å²) >= 11 is 2.16. The molecule has 5 heteroatoms. The Morgan fingerprint density at radius 3 is 2.50 bits per heavy atom. The van der Waals surface area contributed by atoms with Crippen molar-refractivity contribution in [3.63, 3.8) is 0 Å². The van der Waals surface area contributed by atoms with Crippen LogP contribution in [0.4, 0.5) is 5.69 Å². The molecule has 0 aliphatic rings. The molecule has 4 nitrogen and oxygen atoms in total. The third-order valence-corrected chi connectivity index (χ3v) is 3.71. The fourth-order valence-electron chi connectivity index (χ4n) is 1.99. The van der Waals surface area contributed by atoms with Gasteiger partial charge in [-0.3, -0.25) is 5.10 Å². The molecule has 0 amide bonds. The largest absolute Gasteiger partial charge is 0.507 e. The van der Waals surface area contributed by atoms with Crippen LogP contribution in [-0.4, -0.2) is 15.3 Å². The number of halogens is 1. The predicted molar refractivity (Wildman–Crippen MR) is 88.3 cm³/mol. The quantitative estimate of drug-likeness (QED) is 0.472. The van der Waals surface area contributed by atoms with Crippen LogP contribution in [0.5, 0.6) is 5.75 Å². The van der Waals surface area contributed by atoms with Crippen molar-refractivity contribution in [3.8, 4) is 28.3 Å². The van der Waals surface area contributed by atoms with Gasteiger partial charge in [0.2, 0.25) is 0 Å². The third kappa shape index (κ3) is 2.49. The van der Waals surface area contributed by atoms with Crippen LogP contribution in [0, 0.1) is 3.57 Å². The van der Waals surface area contributed by atoms with E-state index in [0.29, 0.717) is 0 Å². The van der Waals surface area contributed by atoms with E-state index < -0.39 is 0 Å². The van der Waals surface area contributed by atoms with E-state index in [9.17, 15) is 5.11 Å². The SMILES string of the molecule is Nc1ccc(-c2cc(-c3ccc(I)cc3O)[nH]n2)cc1. The molecule has 0 bridgehead atoms. The minimum atomic E-state index is 0.240. The summed E-state index contributed by atoms with van der Waals surface area (Å²) in [6, 6.07) is 15.0. The van der Waals surface area contributed by atoms with E-state index in [1.807, 2.05) is 42.5 Å². The second-order valence-corrected chi connectivity index (χ2v) is 5.70. The van der Waals surface area contributed by atoms with E-state index in [1.54, 1.807) is 6.07 Å². The number of rotatable bonds is 2. The molecule has 3 rings (SSSR count). The Bertz CT molecular complexity index is 750. The first-order valence-corrected chi connectivity index (χ1v) is 7.11. The van der Waals surface area contributed by atoms with Crippen LogP contribution in [-0.2, 0) is 0 Å². The molecule has 3 aromatic rings.